The first-order valence-corrected chi connectivity index (χ1v) is 16.3. The van der Waals surface area contributed by atoms with Crippen LogP contribution in [0.25, 0.3) is 0 Å². The number of methoxy groups -OCH3 is 2. The van der Waals surface area contributed by atoms with Gasteiger partial charge >= 0.3 is 0 Å². The third-order valence-corrected chi connectivity index (χ3v) is 7.42. The number of aromatic hydroxyl groups is 3. The summed E-state index contributed by atoms with van der Waals surface area (Å²) in [7, 11) is 2.76. The molecule has 2 heterocycles. The van der Waals surface area contributed by atoms with E-state index in [1.165, 1.54) is 63.3 Å². The van der Waals surface area contributed by atoms with Crippen LogP contribution in [0.1, 0.15) is 53.1 Å². The number of rotatable bonds is 10. The maximum Gasteiger partial charge on any atom is 0.201 e. The molecule has 0 amide bonds. The molecule has 0 aliphatic heterocycles. The van der Waals surface area contributed by atoms with E-state index in [-0.39, 0.29) is 119 Å². The molecule has 2 aromatic carbocycles. The predicted octanol–water partition coefficient (Wildman–Crippen LogP) is 9.19. The van der Waals surface area contributed by atoms with E-state index in [0.29, 0.717) is 21.2 Å². The molecule has 4 rings (SSSR count). The average Bonchev–Trinajstić information content (AvgIpc) is 3.03. The zero-order chi connectivity index (χ0) is 35.3. The van der Waals surface area contributed by atoms with Crippen LogP contribution in [0.5, 0.6) is 34.5 Å². The van der Waals surface area contributed by atoms with Gasteiger partial charge in [0.2, 0.25) is 11.5 Å². The van der Waals surface area contributed by atoms with Crippen molar-refractivity contribution < 1.29 is 81.2 Å². The first-order valence-electron chi connectivity index (χ1n) is 13.7. The van der Waals surface area contributed by atoms with Crippen LogP contribution in [0.2, 0.25) is 20.1 Å². The van der Waals surface area contributed by atoms with Crippen molar-refractivity contribution >= 4 is 73.9 Å². The molecule has 50 heavy (non-hydrogen) atoms. The molecule has 3 N–H and O–H groups in total. The second-order valence-corrected chi connectivity index (χ2v) is 11.8. The number of hydrogen-bond donors (Lipinski definition) is 3. The summed E-state index contributed by atoms with van der Waals surface area (Å²) in [5, 5.41) is 31.9. The van der Waals surface area contributed by atoms with Crippen molar-refractivity contribution in [3.05, 3.63) is 91.4 Å². The first-order chi connectivity index (χ1) is 22.4. The number of carbonyl (C=O) groups is 2. The van der Waals surface area contributed by atoms with Crippen molar-refractivity contribution in [1.82, 2.24) is 9.97 Å². The Labute approximate surface area is 348 Å². The molecule has 10 nitrogen and oxygen atoms in total. The fourth-order valence-electron chi connectivity index (χ4n) is 3.90. The quantitative estimate of drug-likeness (QED) is 0.0798. The number of phenolic OH excluding ortho intramolecular Hbond substituents is 3. The number of hydrogen-bond acceptors (Lipinski definition) is 10. The molecule has 0 unspecified atom stereocenters. The molecule has 0 bridgehead atoms. The number of halogens is 5. The van der Waals surface area contributed by atoms with E-state index >= 15 is 0 Å². The Morgan fingerprint density at radius 3 is 1.42 bits per heavy atom. The molecule has 0 radical (unpaired) electrons. The second kappa shape index (κ2) is 25.0. The fourth-order valence-corrected chi connectivity index (χ4v) is 4.90. The molecule has 2 aromatic heterocycles. The van der Waals surface area contributed by atoms with Crippen molar-refractivity contribution in [2.45, 2.75) is 34.1 Å². The number of phenols is 3. The molecule has 272 valence electrons. The largest absolute Gasteiger partial charge is 0.504 e. The topological polar surface area (TPSA) is 148 Å². The first kappa shape index (κ1) is 50.0. The van der Waals surface area contributed by atoms with Gasteiger partial charge in [0.1, 0.15) is 0 Å². The van der Waals surface area contributed by atoms with Crippen LogP contribution in [-0.4, -0.2) is 63.0 Å². The van der Waals surface area contributed by atoms with Crippen LogP contribution in [-0.2, 0) is 55.0 Å². The summed E-state index contributed by atoms with van der Waals surface area (Å²) in [5.74, 6) is -1.60. The van der Waals surface area contributed by atoms with Gasteiger partial charge in [-0.15, -0.1) is 0 Å². The maximum absolute atomic E-state index is 12.6. The molecule has 0 aliphatic carbocycles. The average molecular weight is 1180 g/mol. The van der Waals surface area contributed by atoms with Crippen molar-refractivity contribution in [2.24, 2.45) is 0 Å². The van der Waals surface area contributed by atoms with E-state index in [2.05, 4.69) is 25.9 Å². The van der Waals surface area contributed by atoms with Crippen LogP contribution >= 0.6 is 62.3 Å². The van der Waals surface area contributed by atoms with Crippen molar-refractivity contribution in [3.8, 4) is 34.5 Å². The minimum Gasteiger partial charge on any atom is -0.504 e. The fraction of sp³-hybridized carbons (Fsp3) is 0.273. The predicted molar refractivity (Wildman–Crippen MR) is 193 cm³/mol. The van der Waals surface area contributed by atoms with E-state index in [0.717, 1.165) is 5.33 Å². The summed E-state index contributed by atoms with van der Waals surface area (Å²) in [5.41, 5.74) is 1.07. The van der Waals surface area contributed by atoms with Gasteiger partial charge in [-0.1, -0.05) is 76.7 Å². The van der Waals surface area contributed by atoms with Gasteiger partial charge in [-0.25, -0.2) is 0 Å². The minimum atomic E-state index is -0.541. The van der Waals surface area contributed by atoms with Gasteiger partial charge in [0.25, 0.3) is 0 Å². The van der Waals surface area contributed by atoms with Gasteiger partial charge in [-0.05, 0) is 31.2 Å². The van der Waals surface area contributed by atoms with E-state index < -0.39 is 17.3 Å². The van der Waals surface area contributed by atoms with E-state index in [9.17, 15) is 24.9 Å². The van der Waals surface area contributed by atoms with Crippen LogP contribution in [0.3, 0.4) is 0 Å². The number of ketones is 2. The molecule has 0 saturated carbocycles. The number of ether oxygens (including phenoxy) is 3. The summed E-state index contributed by atoms with van der Waals surface area (Å²) in [6.07, 6.45) is 5.43. The summed E-state index contributed by atoms with van der Waals surface area (Å²) in [4.78, 5) is 32.5. The molecule has 0 aliphatic rings. The van der Waals surface area contributed by atoms with Crippen LogP contribution in [0.15, 0.2) is 49.1 Å². The number of pyridine rings is 2. The smallest absolute Gasteiger partial charge is 0.201 e. The molecule has 4 aromatic rings. The summed E-state index contributed by atoms with van der Waals surface area (Å²) in [6, 6.07) is 5.78. The standard InChI is InChI=1S/C16H15Cl2NO4.C14H11Cl2NO4.C2H5Br.CH4.2W/c1-3-23-16-9(4-5-14(22-2)15(16)21)13(20)6-10-11(17)7-19-8-12(10)18;1-21-12-3-2-7(13(19)14(12)20)11(18)4-8-9(15)5-17-6-10(8)16;1-2-3;;;/h4-5,7-8,21H,3,6H2,1-2H3;2-3,5-6,19-20H,4H2,1H3;2H2,1H3;1H4;;. The van der Waals surface area contributed by atoms with Crippen LogP contribution < -0.4 is 14.2 Å². The third-order valence-electron chi connectivity index (χ3n) is 6.12. The second-order valence-electron chi connectivity index (χ2n) is 9.07. The molecule has 17 heteroatoms. The van der Waals surface area contributed by atoms with Gasteiger partial charge < -0.3 is 29.5 Å². The van der Waals surface area contributed by atoms with Gasteiger partial charge in [-0.2, -0.15) is 0 Å². The summed E-state index contributed by atoms with van der Waals surface area (Å²) in [6.45, 7) is 4.08. The Morgan fingerprint density at radius 2 is 1.04 bits per heavy atom. The molecule has 0 saturated heterocycles. The zero-order valence-electron chi connectivity index (χ0n) is 26.4. The molecule has 0 fully saturated rings. The monoisotopic (exact) mass is 1170 g/mol. The van der Waals surface area contributed by atoms with Crippen LogP contribution in [0, 0.1) is 0 Å². The van der Waals surface area contributed by atoms with Crippen molar-refractivity contribution in [3.63, 3.8) is 0 Å². The van der Waals surface area contributed by atoms with E-state index in [1.54, 1.807) is 6.92 Å². The number of aromatic nitrogens is 2. The molecular formula is C33H35BrCl4N2O8W2. The number of alkyl halides is 1. The number of nitrogens with zero attached hydrogens (tertiary/aromatic N) is 2. The third kappa shape index (κ3) is 13.5. The van der Waals surface area contributed by atoms with Crippen LogP contribution in [0.4, 0.5) is 0 Å². The van der Waals surface area contributed by atoms with Crippen molar-refractivity contribution in [1.29, 1.82) is 0 Å². The Bertz CT molecular complexity index is 1680. The number of carbonyl (C=O) groups excluding carboxylic acids is 2. The van der Waals surface area contributed by atoms with Gasteiger partial charge in [0.15, 0.2) is 34.6 Å². The minimum absolute atomic E-state index is 0. The molecular weight excluding hydrogens is 1140 g/mol. The van der Waals surface area contributed by atoms with Gasteiger partial charge in [0.05, 0.1) is 52.0 Å². The van der Waals surface area contributed by atoms with Gasteiger partial charge in [0, 0.05) is 96.2 Å². The summed E-state index contributed by atoms with van der Waals surface area (Å²) < 4.78 is 15.3. The SMILES string of the molecule is C.CCBr.CCOc1c(C(=O)Cc2c(Cl)cncc2Cl)ccc(OC)c1O.COc1ccc(C(=O)Cc2c(Cl)cncc2Cl)c(O)c1O.[W].[W]. The Hall–Kier alpha value is -2.10. The Morgan fingerprint density at radius 1 is 0.680 bits per heavy atom. The van der Waals surface area contributed by atoms with Gasteiger partial charge in [-0.3, -0.25) is 19.6 Å². The van der Waals surface area contributed by atoms with E-state index in [1.807, 2.05) is 6.92 Å². The molecule has 0 spiro atoms. The Kier molecular flexibility index (Phi) is 25.0. The zero-order valence-corrected chi connectivity index (χ0v) is 36.9. The normalized spacial score (nSPS) is 9.54. The number of benzene rings is 2. The van der Waals surface area contributed by atoms with E-state index in [4.69, 9.17) is 60.6 Å². The molecule has 0 atom stereocenters. The summed E-state index contributed by atoms with van der Waals surface area (Å²) >= 11 is 27.1. The maximum atomic E-state index is 12.6. The number of Topliss-reactive ketones (excluding diaryl/α,β-unsaturated/α-hetero) is 2. The Balaban J connectivity index is 0. The van der Waals surface area contributed by atoms with Crippen molar-refractivity contribution in [2.75, 3.05) is 26.2 Å².